The summed E-state index contributed by atoms with van der Waals surface area (Å²) in [6, 6.07) is 0. The van der Waals surface area contributed by atoms with E-state index in [1.165, 1.54) is 25.7 Å². The van der Waals surface area contributed by atoms with Gasteiger partial charge in [0, 0.05) is 6.42 Å². The van der Waals surface area contributed by atoms with E-state index in [9.17, 15) is 0 Å². The fraction of sp³-hybridized carbons (Fsp3) is 0.818. The van der Waals surface area contributed by atoms with Crippen molar-refractivity contribution < 1.29 is 10.1 Å². The minimum atomic E-state index is 0.469. The van der Waals surface area contributed by atoms with Crippen LogP contribution in [0.4, 0.5) is 0 Å². The molecule has 0 aromatic carbocycles. The molecule has 0 bridgehead atoms. The lowest BCUT2D eigenvalue weighted by atomic mass is 10.1. The Hall–Kier alpha value is -0.520. The third-order valence-electron chi connectivity index (χ3n) is 2.06. The van der Waals surface area contributed by atoms with Gasteiger partial charge in [0.05, 0.1) is 6.61 Å². The lowest BCUT2D eigenvalue weighted by Gasteiger charge is -1.99. The van der Waals surface area contributed by atoms with Gasteiger partial charge in [-0.2, -0.15) is 0 Å². The molecule has 0 rings (SSSR count). The van der Waals surface area contributed by atoms with Crippen molar-refractivity contribution in [1.29, 1.82) is 0 Å². The fourth-order valence-corrected chi connectivity index (χ4v) is 1.28. The largest absolute Gasteiger partial charge is 0.252 e. The van der Waals surface area contributed by atoms with Crippen LogP contribution in [-0.2, 0) is 4.89 Å². The highest BCUT2D eigenvalue weighted by Crippen LogP contribution is 2.07. The molecule has 0 atom stereocenters. The van der Waals surface area contributed by atoms with Crippen molar-refractivity contribution in [2.75, 3.05) is 6.61 Å². The summed E-state index contributed by atoms with van der Waals surface area (Å²) in [5.74, 6) is 2.64. The highest BCUT2D eigenvalue weighted by Gasteiger charge is 1.91. The molecule has 0 spiro atoms. The Kier molecular flexibility index (Phi) is 11.0. The smallest absolute Gasteiger partial charge is 0.0819 e. The molecule has 0 amide bonds. The summed E-state index contributed by atoms with van der Waals surface area (Å²) in [7, 11) is 0. The molecule has 0 saturated carbocycles. The standard InChI is InChI=1S/C11H20O2/c1-2-3-4-5-6-7-8-9-10-11-13-12/h1,12H,3-11H2. The van der Waals surface area contributed by atoms with Gasteiger partial charge in [0.25, 0.3) is 0 Å². The molecule has 2 nitrogen and oxygen atoms in total. The average molecular weight is 184 g/mol. The minimum Gasteiger partial charge on any atom is -0.252 e. The minimum absolute atomic E-state index is 0.469. The van der Waals surface area contributed by atoms with Crippen LogP contribution < -0.4 is 0 Å². The Morgan fingerprint density at radius 3 is 2.00 bits per heavy atom. The first kappa shape index (κ1) is 12.5. The van der Waals surface area contributed by atoms with Crippen LogP contribution in [0.3, 0.4) is 0 Å². The molecule has 0 aliphatic rings. The van der Waals surface area contributed by atoms with Gasteiger partial charge >= 0.3 is 0 Å². The van der Waals surface area contributed by atoms with E-state index >= 15 is 0 Å². The zero-order chi connectivity index (χ0) is 9.78. The van der Waals surface area contributed by atoms with Crippen LogP contribution in [0.25, 0.3) is 0 Å². The first-order valence-corrected chi connectivity index (χ1v) is 5.11. The molecule has 0 unspecified atom stereocenters. The maximum atomic E-state index is 8.05. The van der Waals surface area contributed by atoms with Gasteiger partial charge in [-0.3, -0.25) is 5.26 Å². The molecule has 0 radical (unpaired) electrons. The molecular weight excluding hydrogens is 164 g/mol. The molecule has 2 heteroatoms. The molecule has 0 aromatic heterocycles. The normalized spacial score (nSPS) is 9.85. The van der Waals surface area contributed by atoms with Crippen molar-refractivity contribution in [2.45, 2.75) is 51.4 Å². The van der Waals surface area contributed by atoms with Crippen molar-refractivity contribution in [1.82, 2.24) is 0 Å². The van der Waals surface area contributed by atoms with Crippen LogP contribution in [0.5, 0.6) is 0 Å². The number of rotatable bonds is 9. The molecule has 76 valence electrons. The quantitative estimate of drug-likeness (QED) is 0.258. The van der Waals surface area contributed by atoms with Gasteiger partial charge in [-0.1, -0.05) is 32.1 Å². The van der Waals surface area contributed by atoms with Gasteiger partial charge in [0.2, 0.25) is 0 Å². The summed E-state index contributed by atoms with van der Waals surface area (Å²) in [5.41, 5.74) is 0. The summed E-state index contributed by atoms with van der Waals surface area (Å²) in [6.45, 7) is 0.469. The predicted molar refractivity (Wildman–Crippen MR) is 54.3 cm³/mol. The average Bonchev–Trinajstić information content (AvgIpc) is 2.16. The second kappa shape index (κ2) is 11.5. The lowest BCUT2D eigenvalue weighted by molar-refractivity contribution is -0.242. The van der Waals surface area contributed by atoms with Gasteiger partial charge in [-0.05, 0) is 12.8 Å². The predicted octanol–water partition coefficient (Wildman–Crippen LogP) is 3.23. The van der Waals surface area contributed by atoms with Crippen LogP contribution >= 0.6 is 0 Å². The van der Waals surface area contributed by atoms with E-state index in [0.717, 1.165) is 25.7 Å². The number of unbranched alkanes of at least 4 members (excludes halogenated alkanes) is 7. The second-order valence-electron chi connectivity index (χ2n) is 3.26. The molecule has 0 fully saturated rings. The van der Waals surface area contributed by atoms with Crippen LogP contribution in [0.15, 0.2) is 0 Å². The molecular formula is C11H20O2. The Balaban J connectivity index is 2.80. The third kappa shape index (κ3) is 11.5. The zero-order valence-corrected chi connectivity index (χ0v) is 8.30. The number of hydrogen-bond donors (Lipinski definition) is 1. The van der Waals surface area contributed by atoms with Crippen LogP contribution in [0.2, 0.25) is 0 Å². The fourth-order valence-electron chi connectivity index (χ4n) is 1.28. The summed E-state index contributed by atoms with van der Waals surface area (Å²) in [6.07, 6.45) is 14.4. The summed E-state index contributed by atoms with van der Waals surface area (Å²) in [5, 5.41) is 8.05. The molecule has 0 aliphatic heterocycles. The van der Waals surface area contributed by atoms with Gasteiger partial charge in [0.1, 0.15) is 0 Å². The van der Waals surface area contributed by atoms with E-state index in [-0.39, 0.29) is 0 Å². The molecule has 0 saturated heterocycles. The first-order chi connectivity index (χ1) is 6.41. The van der Waals surface area contributed by atoms with E-state index in [1.54, 1.807) is 0 Å². The zero-order valence-electron chi connectivity index (χ0n) is 8.30. The van der Waals surface area contributed by atoms with Crippen molar-refractivity contribution in [3.8, 4) is 12.3 Å². The SMILES string of the molecule is C#CCCCCCCCCCOO. The molecule has 0 heterocycles. The maximum absolute atomic E-state index is 8.05. The second-order valence-corrected chi connectivity index (χ2v) is 3.26. The monoisotopic (exact) mass is 184 g/mol. The van der Waals surface area contributed by atoms with E-state index in [2.05, 4.69) is 10.8 Å². The molecule has 13 heavy (non-hydrogen) atoms. The molecule has 1 N–H and O–H groups in total. The number of terminal acetylenes is 1. The van der Waals surface area contributed by atoms with Gasteiger partial charge in [-0.15, -0.1) is 12.3 Å². The van der Waals surface area contributed by atoms with E-state index < -0.39 is 0 Å². The Labute approximate surface area is 81.2 Å². The Morgan fingerprint density at radius 1 is 0.923 bits per heavy atom. The summed E-state index contributed by atoms with van der Waals surface area (Å²) < 4.78 is 0. The highest BCUT2D eigenvalue weighted by atomic mass is 17.1. The van der Waals surface area contributed by atoms with Gasteiger partial charge in [0.15, 0.2) is 0 Å². The lowest BCUT2D eigenvalue weighted by Crippen LogP contribution is -1.88. The van der Waals surface area contributed by atoms with Crippen molar-refractivity contribution in [3.05, 3.63) is 0 Å². The first-order valence-electron chi connectivity index (χ1n) is 5.11. The summed E-state index contributed by atoms with van der Waals surface area (Å²) >= 11 is 0. The third-order valence-corrected chi connectivity index (χ3v) is 2.06. The van der Waals surface area contributed by atoms with Crippen LogP contribution in [-0.4, -0.2) is 11.9 Å². The topological polar surface area (TPSA) is 29.5 Å². The van der Waals surface area contributed by atoms with Crippen LogP contribution in [0.1, 0.15) is 51.4 Å². The number of hydrogen-bond acceptors (Lipinski definition) is 2. The van der Waals surface area contributed by atoms with E-state index in [4.69, 9.17) is 11.7 Å². The van der Waals surface area contributed by atoms with E-state index in [1.807, 2.05) is 0 Å². The highest BCUT2D eigenvalue weighted by molar-refractivity contribution is 4.82. The van der Waals surface area contributed by atoms with E-state index in [0.29, 0.717) is 6.61 Å². The Morgan fingerprint density at radius 2 is 1.46 bits per heavy atom. The van der Waals surface area contributed by atoms with Gasteiger partial charge < -0.3 is 0 Å². The van der Waals surface area contributed by atoms with Crippen LogP contribution in [0, 0.1) is 12.3 Å². The molecule has 0 aromatic rings. The Bertz CT molecular complexity index is 127. The summed E-state index contributed by atoms with van der Waals surface area (Å²) in [4.78, 5) is 3.98. The van der Waals surface area contributed by atoms with Gasteiger partial charge in [-0.25, -0.2) is 4.89 Å². The van der Waals surface area contributed by atoms with Crippen molar-refractivity contribution in [2.24, 2.45) is 0 Å². The van der Waals surface area contributed by atoms with Crippen molar-refractivity contribution in [3.63, 3.8) is 0 Å². The van der Waals surface area contributed by atoms with Crippen molar-refractivity contribution >= 4 is 0 Å². The maximum Gasteiger partial charge on any atom is 0.0819 e. The molecule has 0 aliphatic carbocycles.